The molecular weight excluding hydrogens is 504 g/mol. The number of hydrogen-bond acceptors (Lipinski definition) is 6. The fourth-order valence-electron chi connectivity index (χ4n) is 8.06. The predicted octanol–water partition coefficient (Wildman–Crippen LogP) is 7.24. The van der Waals surface area contributed by atoms with Gasteiger partial charge in [0.05, 0.1) is 29.1 Å². The molecule has 224 valence electrons. The van der Waals surface area contributed by atoms with Gasteiger partial charge in [0.15, 0.2) is 0 Å². The van der Waals surface area contributed by atoms with Crippen LogP contribution in [-0.4, -0.2) is 47.6 Å². The molecule has 40 heavy (non-hydrogen) atoms. The summed E-state index contributed by atoms with van der Waals surface area (Å²) in [5.74, 6) is 0.0478. The van der Waals surface area contributed by atoms with Gasteiger partial charge in [-0.3, -0.25) is 9.59 Å². The van der Waals surface area contributed by atoms with Gasteiger partial charge in [0.2, 0.25) is 0 Å². The highest BCUT2D eigenvalue weighted by atomic mass is 16.6. The summed E-state index contributed by atoms with van der Waals surface area (Å²) in [6, 6.07) is 0. The maximum absolute atomic E-state index is 12.5. The maximum Gasteiger partial charge on any atom is 0.309 e. The Bertz CT molecular complexity index is 1070. The van der Waals surface area contributed by atoms with Crippen LogP contribution in [-0.2, 0) is 28.5 Å². The van der Waals surface area contributed by atoms with E-state index >= 15 is 0 Å². The average Bonchev–Trinajstić information content (AvgIpc) is 3.70. The van der Waals surface area contributed by atoms with E-state index in [9.17, 15) is 9.59 Å². The van der Waals surface area contributed by atoms with Crippen LogP contribution in [0.5, 0.6) is 0 Å². The fourth-order valence-corrected chi connectivity index (χ4v) is 8.06. The minimum atomic E-state index is -0.0720. The van der Waals surface area contributed by atoms with E-state index < -0.39 is 0 Å². The molecule has 0 N–H and O–H groups in total. The number of esters is 2. The Hall–Kier alpha value is -1.66. The molecule has 4 aliphatic carbocycles. The molecule has 0 aromatic carbocycles. The number of ether oxygens (including phenoxy) is 4. The zero-order chi connectivity index (χ0) is 29.1. The van der Waals surface area contributed by atoms with E-state index in [2.05, 4.69) is 67.5 Å². The van der Waals surface area contributed by atoms with Gasteiger partial charge in [-0.15, -0.1) is 0 Å². The van der Waals surface area contributed by atoms with Crippen molar-refractivity contribution in [3.63, 3.8) is 0 Å². The zero-order valence-corrected chi connectivity index (χ0v) is 26.1. The summed E-state index contributed by atoms with van der Waals surface area (Å²) in [4.78, 5) is 24.7. The van der Waals surface area contributed by atoms with Crippen LogP contribution >= 0.6 is 0 Å². The minimum Gasteiger partial charge on any atom is -0.459 e. The van der Waals surface area contributed by atoms with Gasteiger partial charge in [0, 0.05) is 0 Å². The first-order chi connectivity index (χ1) is 18.6. The van der Waals surface area contributed by atoms with Gasteiger partial charge in [0.1, 0.15) is 18.3 Å². The second-order valence-corrected chi connectivity index (χ2v) is 15.8. The van der Waals surface area contributed by atoms with E-state index in [1.165, 1.54) is 11.1 Å². The van der Waals surface area contributed by atoms with E-state index in [0.717, 1.165) is 64.2 Å². The first kappa shape index (κ1) is 29.8. The highest BCUT2D eigenvalue weighted by Gasteiger charge is 2.64. The fraction of sp³-hybridized carbons (Fsp3) is 0.824. The quantitative estimate of drug-likeness (QED) is 0.206. The molecule has 2 aliphatic heterocycles. The predicted molar refractivity (Wildman–Crippen MR) is 155 cm³/mol. The van der Waals surface area contributed by atoms with E-state index in [1.807, 2.05) is 0 Å². The molecule has 6 heteroatoms. The first-order valence-corrected chi connectivity index (χ1v) is 15.7. The molecule has 0 bridgehead atoms. The van der Waals surface area contributed by atoms with Crippen molar-refractivity contribution in [3.8, 4) is 0 Å². The topological polar surface area (TPSA) is 77.7 Å². The molecule has 0 aromatic rings. The molecule has 2 saturated carbocycles. The molecule has 0 radical (unpaired) electrons. The van der Waals surface area contributed by atoms with E-state index in [1.54, 1.807) is 0 Å². The third-order valence-corrected chi connectivity index (χ3v) is 10.2. The van der Waals surface area contributed by atoms with Crippen molar-refractivity contribution in [1.82, 2.24) is 0 Å². The Morgan fingerprint density at radius 2 is 1.57 bits per heavy atom. The van der Waals surface area contributed by atoms with Crippen molar-refractivity contribution in [2.45, 2.75) is 155 Å². The summed E-state index contributed by atoms with van der Waals surface area (Å²) >= 11 is 0. The standard InChI is InChI=1S/C17H26O4.C17H26O2/c1-15(2)8-11(13-17(4,9-15)21-13)19-14(18)10-5-6-16(3)12(7-10)20-16;1-12-5-7-14(8-6-12)16(18)19-15-9-13(2)10-17(3,4)11-15/h10-13H,5-9H2,1-4H3;5,9,14-15H,6-8,10-11H2,1-4H3. The van der Waals surface area contributed by atoms with Crippen LogP contribution in [0.1, 0.15) is 120 Å². The number of carbonyl (C=O) groups excluding carboxylic acids is 2. The maximum atomic E-state index is 12.5. The van der Waals surface area contributed by atoms with Crippen LogP contribution in [0, 0.1) is 22.7 Å². The molecular formula is C34H52O6. The zero-order valence-electron chi connectivity index (χ0n) is 26.1. The number of epoxide rings is 2. The molecule has 0 aromatic heterocycles. The Labute approximate surface area is 241 Å². The van der Waals surface area contributed by atoms with Crippen molar-refractivity contribution in [2.75, 3.05) is 0 Å². The SMILES string of the molecule is CC1(C)CC(OC(=O)C2CCC3(C)OC3C2)C2OC2(C)C1.CC1=CCC(C(=O)OC2C=C(C)CC(C)(C)C2)CC1. The van der Waals surface area contributed by atoms with Crippen molar-refractivity contribution in [3.05, 3.63) is 23.3 Å². The normalized spacial score (nSPS) is 42.4. The monoisotopic (exact) mass is 556 g/mol. The number of allylic oxidation sites excluding steroid dienone is 3. The second-order valence-electron chi connectivity index (χ2n) is 15.8. The number of hydrogen-bond donors (Lipinski definition) is 0. The molecule has 4 fully saturated rings. The number of fused-ring (bicyclic) bond motifs is 2. The molecule has 6 nitrogen and oxygen atoms in total. The Morgan fingerprint density at radius 3 is 2.23 bits per heavy atom. The van der Waals surface area contributed by atoms with Crippen LogP contribution in [0.4, 0.5) is 0 Å². The van der Waals surface area contributed by atoms with Gasteiger partial charge in [-0.1, -0.05) is 44.9 Å². The lowest BCUT2D eigenvalue weighted by Gasteiger charge is -2.35. The third kappa shape index (κ3) is 6.86. The third-order valence-electron chi connectivity index (χ3n) is 10.2. The number of rotatable bonds is 4. The molecule has 0 amide bonds. The lowest BCUT2D eigenvalue weighted by molar-refractivity contribution is -0.158. The van der Waals surface area contributed by atoms with E-state index in [-0.39, 0.29) is 70.2 Å². The highest BCUT2D eigenvalue weighted by Crippen LogP contribution is 2.55. The van der Waals surface area contributed by atoms with Crippen molar-refractivity contribution in [2.24, 2.45) is 22.7 Å². The molecule has 2 heterocycles. The number of carbonyl (C=O) groups is 2. The summed E-state index contributed by atoms with van der Waals surface area (Å²) in [6.45, 7) is 17.5. The lowest BCUT2D eigenvalue weighted by atomic mass is 9.71. The molecule has 6 aliphatic rings. The van der Waals surface area contributed by atoms with Crippen LogP contribution in [0.2, 0.25) is 0 Å². The van der Waals surface area contributed by atoms with E-state index in [0.29, 0.717) is 0 Å². The summed E-state index contributed by atoms with van der Waals surface area (Å²) < 4.78 is 23.1. The van der Waals surface area contributed by atoms with Crippen LogP contribution < -0.4 is 0 Å². The van der Waals surface area contributed by atoms with Gasteiger partial charge in [-0.05, 0) is 109 Å². The van der Waals surface area contributed by atoms with Crippen LogP contribution in [0.15, 0.2) is 23.3 Å². The Balaban J connectivity index is 0.000000162. The summed E-state index contributed by atoms with van der Waals surface area (Å²) in [5, 5.41) is 0. The van der Waals surface area contributed by atoms with Gasteiger partial charge in [0.25, 0.3) is 0 Å². The van der Waals surface area contributed by atoms with E-state index in [4.69, 9.17) is 18.9 Å². The second kappa shape index (κ2) is 10.6. The molecule has 2 saturated heterocycles. The Morgan fingerprint density at radius 1 is 0.850 bits per heavy atom. The minimum absolute atomic E-state index is 0.00417. The van der Waals surface area contributed by atoms with Gasteiger partial charge < -0.3 is 18.9 Å². The highest BCUT2D eigenvalue weighted by molar-refractivity contribution is 5.73. The van der Waals surface area contributed by atoms with Gasteiger partial charge in [-0.2, -0.15) is 0 Å². The van der Waals surface area contributed by atoms with Gasteiger partial charge in [-0.25, -0.2) is 0 Å². The smallest absolute Gasteiger partial charge is 0.309 e. The van der Waals surface area contributed by atoms with Gasteiger partial charge >= 0.3 is 11.9 Å². The average molecular weight is 557 g/mol. The molecule has 8 unspecified atom stereocenters. The molecule has 0 spiro atoms. The largest absolute Gasteiger partial charge is 0.459 e. The summed E-state index contributed by atoms with van der Waals surface area (Å²) in [6.07, 6.45) is 14.1. The summed E-state index contributed by atoms with van der Waals surface area (Å²) in [5.41, 5.74) is 3.15. The lowest BCUT2D eigenvalue weighted by Crippen LogP contribution is -2.41. The molecule has 6 rings (SSSR count). The summed E-state index contributed by atoms with van der Waals surface area (Å²) in [7, 11) is 0. The van der Waals surface area contributed by atoms with Crippen molar-refractivity contribution in [1.29, 1.82) is 0 Å². The van der Waals surface area contributed by atoms with Crippen LogP contribution in [0.3, 0.4) is 0 Å². The molecule has 8 atom stereocenters. The first-order valence-electron chi connectivity index (χ1n) is 15.7. The Kier molecular flexibility index (Phi) is 7.87. The van der Waals surface area contributed by atoms with Crippen molar-refractivity contribution < 1.29 is 28.5 Å². The van der Waals surface area contributed by atoms with Crippen LogP contribution in [0.25, 0.3) is 0 Å². The van der Waals surface area contributed by atoms with Crippen molar-refractivity contribution >= 4 is 11.9 Å².